The third kappa shape index (κ3) is 3.02. The van der Waals surface area contributed by atoms with Gasteiger partial charge in [0.2, 0.25) is 0 Å². The van der Waals surface area contributed by atoms with Crippen molar-refractivity contribution in [3.05, 3.63) is 29.3 Å². The molecule has 0 spiro atoms. The highest BCUT2D eigenvalue weighted by Gasteiger charge is 2.20. The highest BCUT2D eigenvalue weighted by Crippen LogP contribution is 2.33. The van der Waals surface area contributed by atoms with Gasteiger partial charge in [-0.1, -0.05) is 12.1 Å². The van der Waals surface area contributed by atoms with Crippen molar-refractivity contribution in [1.82, 2.24) is 0 Å². The van der Waals surface area contributed by atoms with E-state index in [4.69, 9.17) is 15.2 Å². The van der Waals surface area contributed by atoms with Crippen LogP contribution in [-0.2, 0) is 11.2 Å². The molecule has 0 bridgehead atoms. The fraction of sp³-hybridized carbons (Fsp3) is 0.571. The number of aliphatic hydroxyl groups excluding tert-OH is 1. The van der Waals surface area contributed by atoms with Gasteiger partial charge in [-0.05, 0) is 36.5 Å². The van der Waals surface area contributed by atoms with Crippen LogP contribution < -0.4 is 10.5 Å². The summed E-state index contributed by atoms with van der Waals surface area (Å²) < 4.78 is 10.6. The van der Waals surface area contributed by atoms with Crippen molar-refractivity contribution in [3.8, 4) is 5.75 Å². The summed E-state index contributed by atoms with van der Waals surface area (Å²) in [6, 6.07) is 6.08. The van der Waals surface area contributed by atoms with Gasteiger partial charge in [-0.25, -0.2) is 0 Å². The van der Waals surface area contributed by atoms with E-state index >= 15 is 0 Å². The van der Waals surface area contributed by atoms with Gasteiger partial charge in [0.1, 0.15) is 18.5 Å². The lowest BCUT2D eigenvalue weighted by Gasteiger charge is -2.24. The van der Waals surface area contributed by atoms with Crippen molar-refractivity contribution in [1.29, 1.82) is 0 Å². The summed E-state index contributed by atoms with van der Waals surface area (Å²) in [4.78, 5) is 0. The number of aliphatic hydroxyl groups is 1. The van der Waals surface area contributed by atoms with Gasteiger partial charge in [-0.2, -0.15) is 0 Å². The van der Waals surface area contributed by atoms with Crippen LogP contribution in [0.4, 0.5) is 0 Å². The summed E-state index contributed by atoms with van der Waals surface area (Å²) in [5.41, 5.74) is 8.47. The van der Waals surface area contributed by atoms with Crippen molar-refractivity contribution in [2.75, 3.05) is 20.3 Å². The molecule has 0 saturated carbocycles. The van der Waals surface area contributed by atoms with Crippen LogP contribution in [0.1, 0.15) is 30.0 Å². The first-order chi connectivity index (χ1) is 8.72. The maximum atomic E-state index is 9.59. The predicted molar refractivity (Wildman–Crippen MR) is 69.7 cm³/mol. The van der Waals surface area contributed by atoms with Gasteiger partial charge in [0.15, 0.2) is 0 Å². The molecule has 100 valence electrons. The van der Waals surface area contributed by atoms with Crippen LogP contribution >= 0.6 is 0 Å². The normalized spacial score (nSPS) is 20.3. The highest BCUT2D eigenvalue weighted by atomic mass is 16.5. The SMILES string of the molecule is COCC(O)COc1cccc2c1CCCC2N. The lowest BCUT2D eigenvalue weighted by atomic mass is 9.87. The molecular formula is C14H21NO3. The summed E-state index contributed by atoms with van der Waals surface area (Å²) in [6.07, 6.45) is 2.53. The molecule has 0 amide bonds. The van der Waals surface area contributed by atoms with Gasteiger partial charge in [-0.3, -0.25) is 0 Å². The molecule has 18 heavy (non-hydrogen) atoms. The standard InChI is InChI=1S/C14H21NO3/c1-17-8-10(16)9-18-14-7-3-4-11-12(14)5-2-6-13(11)15/h3-4,7,10,13,16H,2,5-6,8-9,15H2,1H3. The lowest BCUT2D eigenvalue weighted by molar-refractivity contribution is 0.0322. The van der Waals surface area contributed by atoms with Crippen molar-refractivity contribution in [2.24, 2.45) is 5.73 Å². The molecule has 1 aliphatic carbocycles. The van der Waals surface area contributed by atoms with E-state index in [2.05, 4.69) is 6.07 Å². The minimum atomic E-state index is -0.594. The molecular weight excluding hydrogens is 230 g/mol. The van der Waals surface area contributed by atoms with Crippen LogP contribution in [0, 0.1) is 0 Å². The molecule has 0 aliphatic heterocycles. The minimum absolute atomic E-state index is 0.112. The summed E-state index contributed by atoms with van der Waals surface area (Å²) >= 11 is 0. The van der Waals surface area contributed by atoms with Crippen molar-refractivity contribution in [3.63, 3.8) is 0 Å². The molecule has 2 rings (SSSR count). The molecule has 2 unspecified atom stereocenters. The average Bonchev–Trinajstić information content (AvgIpc) is 2.37. The Bertz CT molecular complexity index is 395. The second-order valence-corrected chi connectivity index (χ2v) is 4.74. The average molecular weight is 251 g/mol. The molecule has 2 atom stereocenters. The Balaban J connectivity index is 2.07. The first-order valence-corrected chi connectivity index (χ1v) is 6.39. The van der Waals surface area contributed by atoms with Gasteiger partial charge in [0.25, 0.3) is 0 Å². The van der Waals surface area contributed by atoms with Crippen LogP contribution in [0.5, 0.6) is 5.75 Å². The van der Waals surface area contributed by atoms with Gasteiger partial charge < -0.3 is 20.3 Å². The zero-order valence-corrected chi connectivity index (χ0v) is 10.8. The molecule has 1 aromatic carbocycles. The van der Waals surface area contributed by atoms with Crippen molar-refractivity contribution in [2.45, 2.75) is 31.4 Å². The lowest BCUT2D eigenvalue weighted by Crippen LogP contribution is -2.24. The number of methoxy groups -OCH3 is 1. The quantitative estimate of drug-likeness (QED) is 0.830. The number of nitrogens with two attached hydrogens (primary N) is 1. The number of fused-ring (bicyclic) bond motifs is 1. The number of rotatable bonds is 5. The van der Waals surface area contributed by atoms with Crippen LogP contribution in [0.2, 0.25) is 0 Å². The molecule has 3 N–H and O–H groups in total. The summed E-state index contributed by atoms with van der Waals surface area (Å²) in [7, 11) is 1.56. The van der Waals surface area contributed by atoms with E-state index in [1.807, 2.05) is 12.1 Å². The van der Waals surface area contributed by atoms with Crippen molar-refractivity contribution >= 4 is 0 Å². The van der Waals surface area contributed by atoms with Crippen molar-refractivity contribution < 1.29 is 14.6 Å². The van der Waals surface area contributed by atoms with E-state index in [0.29, 0.717) is 0 Å². The fourth-order valence-electron chi connectivity index (χ4n) is 2.41. The van der Waals surface area contributed by atoms with E-state index in [1.54, 1.807) is 7.11 Å². The second kappa shape index (κ2) is 6.18. The Morgan fingerprint density at radius 2 is 2.28 bits per heavy atom. The molecule has 4 heteroatoms. The number of ether oxygens (including phenoxy) is 2. The minimum Gasteiger partial charge on any atom is -0.491 e. The van der Waals surface area contributed by atoms with Gasteiger partial charge in [0, 0.05) is 13.2 Å². The molecule has 1 aromatic rings. The third-order valence-electron chi connectivity index (χ3n) is 3.30. The topological polar surface area (TPSA) is 64.7 Å². The monoisotopic (exact) mass is 251 g/mol. The Hall–Kier alpha value is -1.10. The van der Waals surface area contributed by atoms with Crippen LogP contribution in [0.15, 0.2) is 18.2 Å². The summed E-state index contributed by atoms with van der Waals surface area (Å²) in [5.74, 6) is 0.845. The largest absolute Gasteiger partial charge is 0.491 e. The molecule has 0 fully saturated rings. The maximum Gasteiger partial charge on any atom is 0.122 e. The van der Waals surface area contributed by atoms with E-state index in [0.717, 1.165) is 25.0 Å². The Morgan fingerprint density at radius 1 is 1.44 bits per heavy atom. The zero-order valence-electron chi connectivity index (χ0n) is 10.8. The third-order valence-corrected chi connectivity index (χ3v) is 3.30. The van der Waals surface area contributed by atoms with E-state index in [9.17, 15) is 5.11 Å². The summed E-state index contributed by atoms with van der Waals surface area (Å²) in [6.45, 7) is 0.536. The second-order valence-electron chi connectivity index (χ2n) is 4.74. The smallest absolute Gasteiger partial charge is 0.122 e. The van der Waals surface area contributed by atoms with Crippen LogP contribution in [0.25, 0.3) is 0 Å². The van der Waals surface area contributed by atoms with Gasteiger partial charge in [0.05, 0.1) is 6.61 Å². The fourth-order valence-corrected chi connectivity index (χ4v) is 2.41. The molecule has 0 aromatic heterocycles. The Kier molecular flexibility index (Phi) is 4.58. The molecule has 4 nitrogen and oxygen atoms in total. The zero-order chi connectivity index (χ0) is 13.0. The first-order valence-electron chi connectivity index (χ1n) is 6.39. The highest BCUT2D eigenvalue weighted by molar-refractivity contribution is 5.43. The number of hydrogen-bond acceptors (Lipinski definition) is 4. The van der Waals surface area contributed by atoms with E-state index < -0.39 is 6.10 Å². The molecule has 1 aliphatic rings. The number of benzene rings is 1. The molecule has 0 saturated heterocycles. The Morgan fingerprint density at radius 3 is 3.06 bits per heavy atom. The summed E-state index contributed by atoms with van der Waals surface area (Å²) in [5, 5.41) is 9.59. The van der Waals surface area contributed by atoms with Gasteiger partial charge in [-0.15, -0.1) is 0 Å². The van der Waals surface area contributed by atoms with E-state index in [-0.39, 0.29) is 19.3 Å². The van der Waals surface area contributed by atoms with Crippen LogP contribution in [0.3, 0.4) is 0 Å². The maximum absolute atomic E-state index is 9.59. The Labute approximate surface area is 108 Å². The molecule has 0 radical (unpaired) electrons. The molecule has 0 heterocycles. The number of hydrogen-bond donors (Lipinski definition) is 2. The first kappa shape index (κ1) is 13.3. The van der Waals surface area contributed by atoms with Crippen LogP contribution in [-0.4, -0.2) is 31.5 Å². The van der Waals surface area contributed by atoms with Gasteiger partial charge >= 0.3 is 0 Å². The van der Waals surface area contributed by atoms with E-state index in [1.165, 1.54) is 11.1 Å². The predicted octanol–water partition coefficient (Wildman–Crippen LogP) is 1.41.